The van der Waals surface area contributed by atoms with E-state index < -0.39 is 17.7 Å². The van der Waals surface area contributed by atoms with Gasteiger partial charge in [0.25, 0.3) is 11.7 Å². The van der Waals surface area contributed by atoms with Gasteiger partial charge in [0.2, 0.25) is 0 Å². The Morgan fingerprint density at radius 3 is 2.55 bits per heavy atom. The standard InChI is InChI=1S/C23H25N3O5/c1-25(2)10-3-11-26-20(15-6-8-24-9-7-15)19(22(28)23(26)29)21(27)16-4-5-17-18(14-16)31-13-12-30-17/h4-9,14,20,27H,3,10-13H2,1-2H3/p+1/t20-/m0/s1. The van der Waals surface area contributed by atoms with E-state index in [1.54, 1.807) is 47.6 Å². The van der Waals surface area contributed by atoms with Gasteiger partial charge in [0.1, 0.15) is 19.0 Å². The Morgan fingerprint density at radius 2 is 1.84 bits per heavy atom. The van der Waals surface area contributed by atoms with Gasteiger partial charge in [-0.2, -0.15) is 0 Å². The van der Waals surface area contributed by atoms with Gasteiger partial charge < -0.3 is 24.4 Å². The van der Waals surface area contributed by atoms with E-state index in [2.05, 4.69) is 4.98 Å². The van der Waals surface area contributed by atoms with E-state index in [0.29, 0.717) is 36.8 Å². The zero-order chi connectivity index (χ0) is 22.0. The van der Waals surface area contributed by atoms with Crippen molar-refractivity contribution in [3.63, 3.8) is 0 Å². The lowest BCUT2D eigenvalue weighted by Crippen LogP contribution is -3.05. The highest BCUT2D eigenvalue weighted by Gasteiger charge is 2.45. The molecule has 31 heavy (non-hydrogen) atoms. The number of hydrogen-bond acceptors (Lipinski definition) is 6. The number of quaternary nitrogens is 1. The number of carbonyl (C=O) groups is 2. The van der Waals surface area contributed by atoms with Crippen molar-refractivity contribution >= 4 is 17.4 Å². The van der Waals surface area contributed by atoms with Crippen LogP contribution in [-0.4, -0.2) is 67.1 Å². The smallest absolute Gasteiger partial charge is 0.295 e. The van der Waals surface area contributed by atoms with Gasteiger partial charge in [-0.15, -0.1) is 0 Å². The van der Waals surface area contributed by atoms with E-state index in [0.717, 1.165) is 18.5 Å². The molecule has 162 valence electrons. The number of nitrogens with zero attached hydrogens (tertiary/aromatic N) is 2. The molecule has 1 fully saturated rings. The quantitative estimate of drug-likeness (QED) is 0.405. The molecule has 4 rings (SSSR count). The maximum absolute atomic E-state index is 13.0. The molecule has 0 unspecified atom stereocenters. The average molecular weight is 424 g/mol. The molecule has 8 nitrogen and oxygen atoms in total. The van der Waals surface area contributed by atoms with E-state index in [-0.39, 0.29) is 11.3 Å². The molecule has 1 aromatic heterocycles. The van der Waals surface area contributed by atoms with Crippen molar-refractivity contribution in [2.24, 2.45) is 0 Å². The molecule has 2 aliphatic heterocycles. The molecule has 2 aromatic rings. The molecule has 1 aromatic carbocycles. The van der Waals surface area contributed by atoms with Crippen LogP contribution in [0.25, 0.3) is 5.76 Å². The highest BCUT2D eigenvalue weighted by Crippen LogP contribution is 2.40. The zero-order valence-corrected chi connectivity index (χ0v) is 17.6. The lowest BCUT2D eigenvalue weighted by Gasteiger charge is -2.25. The minimum Gasteiger partial charge on any atom is -0.507 e. The monoisotopic (exact) mass is 424 g/mol. The fourth-order valence-electron chi connectivity index (χ4n) is 3.95. The number of rotatable bonds is 6. The number of likely N-dealkylation sites (tertiary alicyclic amines) is 1. The number of pyridine rings is 1. The fourth-order valence-corrected chi connectivity index (χ4v) is 3.95. The maximum atomic E-state index is 13.0. The summed E-state index contributed by atoms with van der Waals surface area (Å²) in [5, 5.41) is 11.1. The van der Waals surface area contributed by atoms with Crippen molar-refractivity contribution < 1.29 is 29.1 Å². The van der Waals surface area contributed by atoms with Gasteiger partial charge in [-0.25, -0.2) is 0 Å². The first kappa shape index (κ1) is 20.9. The van der Waals surface area contributed by atoms with Crippen molar-refractivity contribution in [1.82, 2.24) is 9.88 Å². The van der Waals surface area contributed by atoms with Gasteiger partial charge >= 0.3 is 0 Å². The Kier molecular flexibility index (Phi) is 5.90. The molecule has 8 heteroatoms. The van der Waals surface area contributed by atoms with Crippen LogP contribution in [0.4, 0.5) is 0 Å². The van der Waals surface area contributed by atoms with Crippen molar-refractivity contribution in [1.29, 1.82) is 0 Å². The molecule has 1 amide bonds. The molecular formula is C23H26N3O5+. The van der Waals surface area contributed by atoms with Crippen molar-refractivity contribution in [2.45, 2.75) is 12.5 Å². The second-order valence-corrected chi connectivity index (χ2v) is 7.94. The molecule has 2 aliphatic rings. The first-order valence-electron chi connectivity index (χ1n) is 10.3. The Bertz CT molecular complexity index is 1020. The molecular weight excluding hydrogens is 398 g/mol. The number of aliphatic hydroxyl groups is 1. The van der Waals surface area contributed by atoms with Crippen LogP contribution < -0.4 is 14.4 Å². The summed E-state index contributed by atoms with van der Waals surface area (Å²) >= 11 is 0. The van der Waals surface area contributed by atoms with E-state index in [9.17, 15) is 14.7 Å². The number of nitrogens with one attached hydrogen (secondary N) is 1. The summed E-state index contributed by atoms with van der Waals surface area (Å²) < 4.78 is 11.1. The lowest BCUT2D eigenvalue weighted by atomic mass is 9.95. The van der Waals surface area contributed by atoms with Gasteiger partial charge in [0.15, 0.2) is 11.5 Å². The molecule has 0 aliphatic carbocycles. The SMILES string of the molecule is C[NH+](C)CCCN1C(=O)C(=O)C(=C(O)c2ccc3c(c2)OCCO3)[C@@H]1c1ccncc1. The Hall–Kier alpha value is -3.39. The Balaban J connectivity index is 1.76. The van der Waals surface area contributed by atoms with E-state index in [1.165, 1.54) is 4.90 Å². The number of benzene rings is 1. The van der Waals surface area contributed by atoms with Gasteiger partial charge in [-0.1, -0.05) is 0 Å². The predicted octanol–water partition coefficient (Wildman–Crippen LogP) is 0.809. The van der Waals surface area contributed by atoms with Crippen LogP contribution in [0.2, 0.25) is 0 Å². The number of amides is 1. The molecule has 1 saturated heterocycles. The van der Waals surface area contributed by atoms with Gasteiger partial charge in [0.05, 0.1) is 32.3 Å². The fraction of sp³-hybridized carbons (Fsp3) is 0.348. The van der Waals surface area contributed by atoms with Crippen LogP contribution in [0.5, 0.6) is 11.5 Å². The number of carbonyl (C=O) groups excluding carboxylic acids is 2. The zero-order valence-electron chi connectivity index (χ0n) is 17.6. The normalized spacial score (nSPS) is 19.8. The number of ether oxygens (including phenoxy) is 2. The van der Waals surface area contributed by atoms with Crippen molar-refractivity contribution in [3.05, 3.63) is 59.4 Å². The summed E-state index contributed by atoms with van der Waals surface area (Å²) in [6.45, 7) is 2.14. The molecule has 2 N–H and O–H groups in total. The summed E-state index contributed by atoms with van der Waals surface area (Å²) in [5.41, 5.74) is 1.20. The number of Topliss-reactive ketones (excluding diaryl/α,β-unsaturated/α-hetero) is 1. The molecule has 0 radical (unpaired) electrons. The Labute approximate surface area is 180 Å². The van der Waals surface area contributed by atoms with Crippen LogP contribution in [0.1, 0.15) is 23.6 Å². The summed E-state index contributed by atoms with van der Waals surface area (Å²) in [7, 11) is 4.08. The summed E-state index contributed by atoms with van der Waals surface area (Å²) in [6.07, 6.45) is 3.97. The molecule has 0 spiro atoms. The summed E-state index contributed by atoms with van der Waals surface area (Å²) in [4.78, 5) is 32.8. The van der Waals surface area contributed by atoms with Gasteiger partial charge in [0, 0.05) is 30.9 Å². The van der Waals surface area contributed by atoms with Crippen LogP contribution in [0.15, 0.2) is 48.3 Å². The maximum Gasteiger partial charge on any atom is 0.295 e. The second kappa shape index (κ2) is 8.77. The minimum atomic E-state index is -0.689. The van der Waals surface area contributed by atoms with E-state index in [4.69, 9.17) is 9.47 Å². The van der Waals surface area contributed by atoms with Crippen molar-refractivity contribution in [3.8, 4) is 11.5 Å². The molecule has 0 saturated carbocycles. The predicted molar refractivity (Wildman–Crippen MR) is 113 cm³/mol. The van der Waals surface area contributed by atoms with Crippen LogP contribution in [0.3, 0.4) is 0 Å². The largest absolute Gasteiger partial charge is 0.507 e. The van der Waals surface area contributed by atoms with Crippen molar-refractivity contribution in [2.75, 3.05) is 40.4 Å². The number of ketones is 1. The molecule has 1 atom stereocenters. The average Bonchev–Trinajstić information content (AvgIpc) is 3.03. The third-order valence-corrected chi connectivity index (χ3v) is 5.45. The van der Waals surface area contributed by atoms with E-state index >= 15 is 0 Å². The molecule has 0 bridgehead atoms. The minimum absolute atomic E-state index is 0.0741. The first-order chi connectivity index (χ1) is 15.0. The summed E-state index contributed by atoms with van der Waals surface area (Å²) in [5.74, 6) is -0.432. The van der Waals surface area contributed by atoms with Gasteiger partial charge in [-0.3, -0.25) is 14.6 Å². The first-order valence-corrected chi connectivity index (χ1v) is 10.3. The summed E-state index contributed by atoms with van der Waals surface area (Å²) in [6, 6.07) is 7.84. The van der Waals surface area contributed by atoms with E-state index in [1.807, 2.05) is 14.1 Å². The second-order valence-electron chi connectivity index (χ2n) is 7.94. The third kappa shape index (κ3) is 4.11. The van der Waals surface area contributed by atoms with Crippen LogP contribution in [-0.2, 0) is 9.59 Å². The topological polar surface area (TPSA) is 93.4 Å². The third-order valence-electron chi connectivity index (χ3n) is 5.45. The van der Waals surface area contributed by atoms with Crippen LogP contribution >= 0.6 is 0 Å². The lowest BCUT2D eigenvalue weighted by molar-refractivity contribution is -0.858. The number of aliphatic hydroxyl groups excluding tert-OH is 1. The van der Waals surface area contributed by atoms with Gasteiger partial charge in [-0.05, 0) is 35.9 Å². The number of hydrogen-bond donors (Lipinski definition) is 2. The number of fused-ring (bicyclic) bond motifs is 1. The number of aromatic nitrogens is 1. The highest BCUT2D eigenvalue weighted by molar-refractivity contribution is 6.46. The molecule has 3 heterocycles. The highest BCUT2D eigenvalue weighted by atomic mass is 16.6. The van der Waals surface area contributed by atoms with Crippen LogP contribution in [0, 0.1) is 0 Å². The Morgan fingerprint density at radius 1 is 1.13 bits per heavy atom.